The Kier molecular flexibility index (Phi) is 3.13. The van der Waals surface area contributed by atoms with Crippen molar-refractivity contribution in [2.45, 2.75) is 5.33 Å². The molecule has 0 aliphatic carbocycles. The lowest BCUT2D eigenvalue weighted by Gasteiger charge is -2.06. The average Bonchev–Trinajstić information content (AvgIpc) is 2.48. The molecule has 3 aromatic rings. The molecule has 0 N–H and O–H groups in total. The van der Waals surface area contributed by atoms with Gasteiger partial charge >= 0.3 is 0 Å². The summed E-state index contributed by atoms with van der Waals surface area (Å²) in [7, 11) is 0. The number of rotatable bonds is 2. The van der Waals surface area contributed by atoms with Gasteiger partial charge in [-0.2, -0.15) is 0 Å². The topological polar surface area (TPSA) is 47.8 Å². The second kappa shape index (κ2) is 4.93. The third kappa shape index (κ3) is 2.17. The zero-order valence-electron chi connectivity index (χ0n) is 9.95. The maximum Gasteiger partial charge on any atom is 0.266 e. The Balaban J connectivity index is 2.29. The molecule has 0 unspecified atom stereocenters. The summed E-state index contributed by atoms with van der Waals surface area (Å²) in [5, 5.41) is 1.31. The molecular formula is C14H10BrN3O. The molecule has 2 aromatic heterocycles. The van der Waals surface area contributed by atoms with Crippen molar-refractivity contribution in [1.29, 1.82) is 0 Å². The monoisotopic (exact) mass is 315 g/mol. The Morgan fingerprint density at radius 2 is 2.05 bits per heavy atom. The summed E-state index contributed by atoms with van der Waals surface area (Å²) in [5.41, 5.74) is 1.64. The summed E-state index contributed by atoms with van der Waals surface area (Å²) >= 11 is 3.39. The predicted octanol–water partition coefficient (Wildman–Crippen LogP) is 2.68. The van der Waals surface area contributed by atoms with Crippen LogP contribution in [0.3, 0.4) is 0 Å². The SMILES string of the molecule is O=c1c2cc(CBr)ccc2ncn1-c1ccccn1. The number of hydrogen-bond donors (Lipinski definition) is 0. The maximum absolute atomic E-state index is 12.5. The third-order valence-electron chi connectivity index (χ3n) is 2.87. The van der Waals surface area contributed by atoms with Gasteiger partial charge in [0.15, 0.2) is 0 Å². The molecule has 0 saturated carbocycles. The van der Waals surface area contributed by atoms with E-state index in [0.29, 0.717) is 22.1 Å². The summed E-state index contributed by atoms with van der Waals surface area (Å²) in [6.45, 7) is 0. The molecule has 2 heterocycles. The van der Waals surface area contributed by atoms with Crippen molar-refractivity contribution < 1.29 is 0 Å². The van der Waals surface area contributed by atoms with Crippen LogP contribution >= 0.6 is 15.9 Å². The van der Waals surface area contributed by atoms with E-state index in [1.54, 1.807) is 12.3 Å². The summed E-state index contributed by atoms with van der Waals surface area (Å²) < 4.78 is 1.46. The van der Waals surface area contributed by atoms with E-state index in [1.165, 1.54) is 10.9 Å². The van der Waals surface area contributed by atoms with Crippen LogP contribution in [0.2, 0.25) is 0 Å². The zero-order valence-corrected chi connectivity index (χ0v) is 11.5. The van der Waals surface area contributed by atoms with Gasteiger partial charge in [-0.05, 0) is 29.8 Å². The first-order chi connectivity index (χ1) is 9.29. The van der Waals surface area contributed by atoms with Gasteiger partial charge in [0.1, 0.15) is 12.1 Å². The van der Waals surface area contributed by atoms with Gasteiger partial charge in [0.25, 0.3) is 5.56 Å². The number of benzene rings is 1. The Hall–Kier alpha value is -2.01. The highest BCUT2D eigenvalue weighted by molar-refractivity contribution is 9.08. The van der Waals surface area contributed by atoms with E-state index in [-0.39, 0.29) is 5.56 Å². The molecule has 0 aliphatic heterocycles. The molecule has 0 atom stereocenters. The van der Waals surface area contributed by atoms with Crippen molar-refractivity contribution >= 4 is 26.8 Å². The molecule has 0 fully saturated rings. The van der Waals surface area contributed by atoms with Crippen LogP contribution in [0.5, 0.6) is 0 Å². The lowest BCUT2D eigenvalue weighted by molar-refractivity contribution is 0.920. The number of pyridine rings is 1. The fraction of sp³-hybridized carbons (Fsp3) is 0.0714. The number of hydrogen-bond acceptors (Lipinski definition) is 3. The average molecular weight is 316 g/mol. The molecule has 0 amide bonds. The van der Waals surface area contributed by atoms with Crippen molar-refractivity contribution in [3.05, 3.63) is 64.8 Å². The molecule has 94 valence electrons. The molecule has 0 bridgehead atoms. The van der Waals surface area contributed by atoms with Crippen LogP contribution in [-0.4, -0.2) is 14.5 Å². The van der Waals surface area contributed by atoms with Crippen LogP contribution in [0.4, 0.5) is 0 Å². The van der Waals surface area contributed by atoms with Gasteiger partial charge in [-0.1, -0.05) is 28.1 Å². The highest BCUT2D eigenvalue weighted by Crippen LogP contribution is 2.13. The molecule has 19 heavy (non-hydrogen) atoms. The van der Waals surface area contributed by atoms with Gasteiger partial charge in [-0.25, -0.2) is 9.97 Å². The van der Waals surface area contributed by atoms with Crippen molar-refractivity contribution in [3.63, 3.8) is 0 Å². The Morgan fingerprint density at radius 3 is 2.79 bits per heavy atom. The highest BCUT2D eigenvalue weighted by atomic mass is 79.9. The first kappa shape index (κ1) is 12.0. The highest BCUT2D eigenvalue weighted by Gasteiger charge is 2.06. The van der Waals surface area contributed by atoms with Crippen LogP contribution in [0.1, 0.15) is 5.56 Å². The van der Waals surface area contributed by atoms with Crippen molar-refractivity contribution in [2.75, 3.05) is 0 Å². The lowest BCUT2D eigenvalue weighted by Crippen LogP contribution is -2.19. The molecule has 0 radical (unpaired) electrons. The molecular weight excluding hydrogens is 306 g/mol. The first-order valence-corrected chi connectivity index (χ1v) is 6.89. The molecule has 0 spiro atoms. The van der Waals surface area contributed by atoms with E-state index in [0.717, 1.165) is 5.56 Å². The van der Waals surface area contributed by atoms with E-state index in [2.05, 4.69) is 25.9 Å². The number of halogens is 1. The van der Waals surface area contributed by atoms with Gasteiger partial charge in [0.05, 0.1) is 10.9 Å². The summed E-state index contributed by atoms with van der Waals surface area (Å²) in [4.78, 5) is 20.9. The van der Waals surface area contributed by atoms with Crippen LogP contribution in [-0.2, 0) is 5.33 Å². The largest absolute Gasteiger partial charge is 0.268 e. The number of fused-ring (bicyclic) bond motifs is 1. The van der Waals surface area contributed by atoms with Crippen molar-refractivity contribution in [1.82, 2.24) is 14.5 Å². The van der Waals surface area contributed by atoms with Crippen LogP contribution in [0.25, 0.3) is 16.7 Å². The van der Waals surface area contributed by atoms with E-state index in [4.69, 9.17) is 0 Å². The smallest absolute Gasteiger partial charge is 0.266 e. The van der Waals surface area contributed by atoms with Crippen LogP contribution in [0, 0.1) is 0 Å². The van der Waals surface area contributed by atoms with Gasteiger partial charge in [-0.3, -0.25) is 9.36 Å². The Morgan fingerprint density at radius 1 is 1.16 bits per heavy atom. The minimum absolute atomic E-state index is 0.105. The molecule has 0 aliphatic rings. The van der Waals surface area contributed by atoms with Gasteiger partial charge < -0.3 is 0 Å². The van der Waals surface area contributed by atoms with E-state index >= 15 is 0 Å². The normalized spacial score (nSPS) is 10.8. The van der Waals surface area contributed by atoms with Crippen molar-refractivity contribution in [3.8, 4) is 5.82 Å². The summed E-state index contributed by atoms with van der Waals surface area (Å²) in [6, 6.07) is 11.1. The summed E-state index contributed by atoms with van der Waals surface area (Å²) in [6.07, 6.45) is 3.17. The van der Waals surface area contributed by atoms with Gasteiger partial charge in [-0.15, -0.1) is 0 Å². The number of aromatic nitrogens is 3. The minimum atomic E-state index is -0.105. The van der Waals surface area contributed by atoms with Crippen LogP contribution in [0.15, 0.2) is 53.7 Å². The number of alkyl halides is 1. The maximum atomic E-state index is 12.5. The molecule has 1 aromatic carbocycles. The molecule has 0 saturated heterocycles. The van der Waals surface area contributed by atoms with E-state index in [1.807, 2.05) is 30.3 Å². The second-order valence-electron chi connectivity index (χ2n) is 4.09. The fourth-order valence-electron chi connectivity index (χ4n) is 1.91. The third-order valence-corrected chi connectivity index (χ3v) is 3.52. The fourth-order valence-corrected chi connectivity index (χ4v) is 2.26. The van der Waals surface area contributed by atoms with Crippen molar-refractivity contribution in [2.24, 2.45) is 0 Å². The molecule has 5 heteroatoms. The molecule has 3 rings (SSSR count). The van der Waals surface area contributed by atoms with Gasteiger partial charge in [0, 0.05) is 11.5 Å². The Bertz CT molecular complexity index is 784. The second-order valence-corrected chi connectivity index (χ2v) is 4.65. The van der Waals surface area contributed by atoms with Gasteiger partial charge in [0.2, 0.25) is 0 Å². The van der Waals surface area contributed by atoms with E-state index in [9.17, 15) is 4.79 Å². The quantitative estimate of drug-likeness (QED) is 0.683. The lowest BCUT2D eigenvalue weighted by atomic mass is 10.2. The molecule has 4 nitrogen and oxygen atoms in total. The summed E-state index contributed by atoms with van der Waals surface area (Å²) in [5.74, 6) is 0.575. The predicted molar refractivity (Wildman–Crippen MR) is 77.8 cm³/mol. The Labute approximate surface area is 117 Å². The zero-order chi connectivity index (χ0) is 13.2. The first-order valence-electron chi connectivity index (χ1n) is 5.77. The number of nitrogens with zero attached hydrogens (tertiary/aromatic N) is 3. The van der Waals surface area contributed by atoms with Crippen LogP contribution < -0.4 is 5.56 Å². The minimum Gasteiger partial charge on any atom is -0.268 e. The van der Waals surface area contributed by atoms with E-state index < -0.39 is 0 Å². The standard InChI is InChI=1S/C14H10BrN3O/c15-8-10-4-5-12-11(7-10)14(19)18(9-17-12)13-3-1-2-6-16-13/h1-7,9H,8H2.